The highest BCUT2D eigenvalue weighted by atomic mass is 16.5. The molecular formula is C19H19N3O4. The number of aromatic nitrogens is 2. The van der Waals surface area contributed by atoms with Gasteiger partial charge >= 0.3 is 11.9 Å². The number of fused-ring (bicyclic) bond motifs is 1. The molecule has 0 aliphatic heterocycles. The van der Waals surface area contributed by atoms with Gasteiger partial charge in [0.05, 0.1) is 19.8 Å². The fourth-order valence-corrected chi connectivity index (χ4v) is 2.83. The first-order chi connectivity index (χ1) is 12.5. The number of rotatable bonds is 4. The number of imidazole rings is 1. The lowest BCUT2D eigenvalue weighted by Crippen LogP contribution is -2.18. The Labute approximate surface area is 150 Å². The highest BCUT2D eigenvalue weighted by molar-refractivity contribution is 6.07. The van der Waals surface area contributed by atoms with Crippen LogP contribution in [0, 0.1) is 0 Å². The van der Waals surface area contributed by atoms with Crippen LogP contribution in [0.15, 0.2) is 42.7 Å². The summed E-state index contributed by atoms with van der Waals surface area (Å²) in [5.41, 5.74) is 3.10. The van der Waals surface area contributed by atoms with E-state index in [2.05, 4.69) is 4.98 Å². The molecule has 0 saturated heterocycles. The summed E-state index contributed by atoms with van der Waals surface area (Å²) in [4.78, 5) is 31.1. The molecule has 0 saturated carbocycles. The molecule has 1 aromatic carbocycles. The molecule has 0 aliphatic rings. The summed E-state index contributed by atoms with van der Waals surface area (Å²) < 4.78 is 11.3. The number of pyridine rings is 1. The van der Waals surface area contributed by atoms with Crippen molar-refractivity contribution in [3.8, 4) is 11.1 Å². The van der Waals surface area contributed by atoms with Crippen LogP contribution in [0.4, 0.5) is 5.69 Å². The third-order valence-corrected chi connectivity index (χ3v) is 4.15. The predicted molar refractivity (Wildman–Crippen MR) is 97.6 cm³/mol. The van der Waals surface area contributed by atoms with Crippen LogP contribution in [-0.4, -0.2) is 49.6 Å². The molecule has 0 amide bonds. The van der Waals surface area contributed by atoms with Crippen LogP contribution in [0.5, 0.6) is 0 Å². The molecule has 0 radical (unpaired) electrons. The minimum Gasteiger partial charge on any atom is -0.465 e. The Morgan fingerprint density at radius 1 is 1.04 bits per heavy atom. The highest BCUT2D eigenvalue weighted by Crippen LogP contribution is 2.30. The molecule has 0 atom stereocenters. The number of benzene rings is 1. The van der Waals surface area contributed by atoms with Crippen molar-refractivity contribution in [2.45, 2.75) is 0 Å². The largest absolute Gasteiger partial charge is 0.465 e. The van der Waals surface area contributed by atoms with Gasteiger partial charge in [0.2, 0.25) is 0 Å². The molecule has 26 heavy (non-hydrogen) atoms. The first-order valence-corrected chi connectivity index (χ1v) is 7.92. The molecule has 3 aromatic rings. The second-order valence-corrected chi connectivity index (χ2v) is 5.86. The van der Waals surface area contributed by atoms with Gasteiger partial charge in [-0.05, 0) is 23.8 Å². The van der Waals surface area contributed by atoms with Crippen LogP contribution in [0.3, 0.4) is 0 Å². The number of esters is 2. The zero-order chi connectivity index (χ0) is 18.8. The number of ether oxygens (including phenoxy) is 2. The van der Waals surface area contributed by atoms with Crippen LogP contribution < -0.4 is 4.90 Å². The van der Waals surface area contributed by atoms with Gasteiger partial charge in [-0.2, -0.15) is 0 Å². The molecule has 0 aliphatic carbocycles. The topological polar surface area (TPSA) is 73.1 Å². The number of anilines is 1. The number of hydrogen-bond donors (Lipinski definition) is 0. The van der Waals surface area contributed by atoms with Gasteiger partial charge in [-0.25, -0.2) is 14.6 Å². The molecule has 2 heterocycles. The average molecular weight is 353 g/mol. The molecule has 3 rings (SSSR count). The Kier molecular flexibility index (Phi) is 4.62. The second kappa shape index (κ2) is 6.87. The predicted octanol–water partition coefficient (Wildman–Crippen LogP) is 2.64. The van der Waals surface area contributed by atoms with Crippen molar-refractivity contribution in [2.24, 2.45) is 0 Å². The molecule has 0 unspecified atom stereocenters. The van der Waals surface area contributed by atoms with Crippen molar-refractivity contribution in [3.05, 3.63) is 54.0 Å². The summed E-state index contributed by atoms with van der Waals surface area (Å²) in [5, 5.41) is 0. The summed E-state index contributed by atoms with van der Waals surface area (Å²) in [6.45, 7) is 0. The van der Waals surface area contributed by atoms with Gasteiger partial charge < -0.3 is 14.4 Å². The maximum Gasteiger partial charge on any atom is 0.356 e. The van der Waals surface area contributed by atoms with Crippen molar-refractivity contribution in [3.63, 3.8) is 0 Å². The second-order valence-electron chi connectivity index (χ2n) is 5.86. The van der Waals surface area contributed by atoms with Crippen LogP contribution in [0.2, 0.25) is 0 Å². The maximum absolute atomic E-state index is 12.5. The summed E-state index contributed by atoms with van der Waals surface area (Å²) in [7, 11) is 6.44. The lowest BCUT2D eigenvalue weighted by atomic mass is 9.98. The van der Waals surface area contributed by atoms with Crippen LogP contribution in [0.1, 0.15) is 20.8 Å². The van der Waals surface area contributed by atoms with E-state index in [1.54, 1.807) is 18.5 Å². The van der Waals surface area contributed by atoms with Gasteiger partial charge in [-0.1, -0.05) is 12.1 Å². The van der Waals surface area contributed by atoms with Gasteiger partial charge in [0.25, 0.3) is 0 Å². The third-order valence-electron chi connectivity index (χ3n) is 4.15. The molecule has 0 N–H and O–H groups in total. The zero-order valence-electron chi connectivity index (χ0n) is 15.0. The number of nitrogens with zero attached hydrogens (tertiary/aromatic N) is 3. The Bertz CT molecular complexity index is 974. The molecule has 0 bridgehead atoms. The summed E-state index contributed by atoms with van der Waals surface area (Å²) in [5.74, 6) is -1.26. The molecule has 2 aromatic heterocycles. The fraction of sp³-hybridized carbons (Fsp3) is 0.211. The van der Waals surface area contributed by atoms with Gasteiger partial charge in [-0.3, -0.25) is 4.40 Å². The van der Waals surface area contributed by atoms with Crippen LogP contribution in [0.25, 0.3) is 16.8 Å². The Morgan fingerprint density at radius 2 is 1.69 bits per heavy atom. The summed E-state index contributed by atoms with van der Waals surface area (Å²) >= 11 is 0. The van der Waals surface area contributed by atoms with Crippen molar-refractivity contribution >= 4 is 23.3 Å². The average Bonchev–Trinajstić information content (AvgIpc) is 3.13. The highest BCUT2D eigenvalue weighted by Gasteiger charge is 2.27. The maximum atomic E-state index is 12.5. The fourth-order valence-electron chi connectivity index (χ4n) is 2.83. The van der Waals surface area contributed by atoms with E-state index in [1.165, 1.54) is 18.6 Å². The Hall–Kier alpha value is -3.35. The normalized spacial score (nSPS) is 10.6. The number of hydrogen-bond acceptors (Lipinski definition) is 6. The first-order valence-electron chi connectivity index (χ1n) is 7.92. The summed E-state index contributed by atoms with van der Waals surface area (Å²) in [6, 6.07) is 9.40. The van der Waals surface area contributed by atoms with E-state index in [-0.39, 0.29) is 11.3 Å². The van der Waals surface area contributed by atoms with E-state index in [0.717, 1.165) is 11.3 Å². The van der Waals surface area contributed by atoms with Crippen LogP contribution in [-0.2, 0) is 9.47 Å². The SMILES string of the molecule is COC(=O)c1c(-c2ccc(N(C)C)cc2)cc2nccn2c1C(=O)OC. The van der Waals surface area contributed by atoms with Gasteiger partial charge in [-0.15, -0.1) is 0 Å². The van der Waals surface area contributed by atoms with Gasteiger partial charge in [0, 0.05) is 37.7 Å². The quantitative estimate of drug-likeness (QED) is 0.672. The summed E-state index contributed by atoms with van der Waals surface area (Å²) in [6.07, 6.45) is 3.16. The monoisotopic (exact) mass is 353 g/mol. The van der Waals surface area contributed by atoms with E-state index in [0.29, 0.717) is 11.2 Å². The molecular weight excluding hydrogens is 334 g/mol. The number of carbonyl (C=O) groups excluding carboxylic acids is 2. The lowest BCUT2D eigenvalue weighted by Gasteiger charge is -2.16. The van der Waals surface area contributed by atoms with Crippen molar-refractivity contribution in [2.75, 3.05) is 33.2 Å². The minimum absolute atomic E-state index is 0.0843. The standard InChI is InChI=1S/C19H19N3O4/c1-21(2)13-7-5-12(6-8-13)14-11-15-20-9-10-22(15)17(19(24)26-4)16(14)18(23)25-3/h5-11H,1-4H3. The van der Waals surface area contributed by atoms with Crippen molar-refractivity contribution in [1.29, 1.82) is 0 Å². The first kappa shape index (κ1) is 17.5. The number of methoxy groups -OCH3 is 2. The zero-order valence-corrected chi connectivity index (χ0v) is 15.0. The van der Waals surface area contributed by atoms with Crippen molar-refractivity contribution < 1.29 is 19.1 Å². The molecule has 7 heteroatoms. The van der Waals surface area contributed by atoms with E-state index in [4.69, 9.17) is 9.47 Å². The van der Waals surface area contributed by atoms with E-state index >= 15 is 0 Å². The molecule has 7 nitrogen and oxygen atoms in total. The smallest absolute Gasteiger partial charge is 0.356 e. The van der Waals surface area contributed by atoms with Gasteiger partial charge in [0.15, 0.2) is 0 Å². The van der Waals surface area contributed by atoms with E-state index < -0.39 is 11.9 Å². The van der Waals surface area contributed by atoms with Crippen molar-refractivity contribution in [1.82, 2.24) is 9.38 Å². The van der Waals surface area contributed by atoms with E-state index in [9.17, 15) is 9.59 Å². The van der Waals surface area contributed by atoms with Crippen LogP contribution >= 0.6 is 0 Å². The van der Waals surface area contributed by atoms with E-state index in [1.807, 2.05) is 43.3 Å². The Balaban J connectivity index is 2.33. The molecule has 0 spiro atoms. The molecule has 134 valence electrons. The number of carbonyl (C=O) groups is 2. The third kappa shape index (κ3) is 2.88. The molecule has 0 fully saturated rings. The minimum atomic E-state index is -0.639. The lowest BCUT2D eigenvalue weighted by molar-refractivity contribution is 0.0549. The van der Waals surface area contributed by atoms with Gasteiger partial charge in [0.1, 0.15) is 11.3 Å². The Morgan fingerprint density at radius 3 is 2.27 bits per heavy atom.